The monoisotopic (exact) mass is 337 g/mol. The summed E-state index contributed by atoms with van der Waals surface area (Å²) in [5, 5.41) is 3.28. The fourth-order valence-corrected chi connectivity index (χ4v) is 2.13. The molecule has 0 aliphatic rings. The lowest BCUT2D eigenvalue weighted by Crippen LogP contribution is -2.11. The maximum atomic E-state index is 13.1. The molecular formula is C16H17BrFNO. The van der Waals surface area contributed by atoms with E-state index < -0.39 is 0 Å². The molecule has 20 heavy (non-hydrogen) atoms. The Morgan fingerprint density at radius 2 is 1.80 bits per heavy atom. The van der Waals surface area contributed by atoms with Crippen molar-refractivity contribution in [1.29, 1.82) is 0 Å². The van der Waals surface area contributed by atoms with Gasteiger partial charge in [-0.25, -0.2) is 4.39 Å². The van der Waals surface area contributed by atoms with Crippen LogP contribution >= 0.6 is 15.9 Å². The highest BCUT2D eigenvalue weighted by Gasteiger charge is 2.03. The van der Waals surface area contributed by atoms with E-state index >= 15 is 0 Å². The molecular weight excluding hydrogens is 321 g/mol. The van der Waals surface area contributed by atoms with Crippen LogP contribution in [0.25, 0.3) is 0 Å². The summed E-state index contributed by atoms with van der Waals surface area (Å²) in [6.45, 7) is 4.33. The van der Waals surface area contributed by atoms with Gasteiger partial charge in [0.2, 0.25) is 0 Å². The third-order valence-corrected chi connectivity index (χ3v) is 3.54. The second-order valence-electron chi connectivity index (χ2n) is 4.46. The van der Waals surface area contributed by atoms with Crippen LogP contribution in [0.15, 0.2) is 46.9 Å². The van der Waals surface area contributed by atoms with Crippen molar-refractivity contribution in [3.63, 3.8) is 0 Å². The van der Waals surface area contributed by atoms with E-state index in [4.69, 9.17) is 4.74 Å². The van der Waals surface area contributed by atoms with Gasteiger partial charge < -0.3 is 10.1 Å². The van der Waals surface area contributed by atoms with E-state index in [-0.39, 0.29) is 5.82 Å². The summed E-state index contributed by atoms with van der Waals surface area (Å²) < 4.78 is 19.5. The molecule has 0 spiro atoms. The minimum absolute atomic E-state index is 0.302. The average molecular weight is 338 g/mol. The van der Waals surface area contributed by atoms with E-state index in [0.717, 1.165) is 23.1 Å². The van der Waals surface area contributed by atoms with Crippen molar-refractivity contribution >= 4 is 15.9 Å². The Balaban J connectivity index is 1.95. The van der Waals surface area contributed by atoms with Crippen LogP contribution in [0.1, 0.15) is 18.1 Å². The van der Waals surface area contributed by atoms with Gasteiger partial charge in [0, 0.05) is 12.6 Å². The zero-order valence-corrected chi connectivity index (χ0v) is 12.9. The number of hydrogen-bond acceptors (Lipinski definition) is 2. The highest BCUT2D eigenvalue weighted by Crippen LogP contribution is 2.26. The highest BCUT2D eigenvalue weighted by molar-refractivity contribution is 9.10. The summed E-state index contributed by atoms with van der Waals surface area (Å²) in [5.74, 6) is 0.214. The molecule has 2 rings (SSSR count). The van der Waals surface area contributed by atoms with Gasteiger partial charge in [-0.05, 0) is 45.7 Å². The Labute approximate surface area is 127 Å². The molecule has 0 heterocycles. The molecule has 2 aromatic carbocycles. The zero-order chi connectivity index (χ0) is 14.4. The van der Waals surface area contributed by atoms with Gasteiger partial charge in [0.15, 0.2) is 0 Å². The van der Waals surface area contributed by atoms with Crippen molar-refractivity contribution < 1.29 is 9.13 Å². The van der Waals surface area contributed by atoms with E-state index in [1.54, 1.807) is 6.07 Å². The lowest BCUT2D eigenvalue weighted by atomic mass is 10.1. The first-order chi connectivity index (χ1) is 9.69. The van der Waals surface area contributed by atoms with Crippen LogP contribution in [0.3, 0.4) is 0 Å². The maximum Gasteiger partial charge on any atom is 0.136 e. The first-order valence-electron chi connectivity index (χ1n) is 6.55. The summed E-state index contributed by atoms with van der Waals surface area (Å²) in [5.41, 5.74) is 2.30. The Hall–Kier alpha value is -1.39. The van der Waals surface area contributed by atoms with Crippen LogP contribution in [0.4, 0.5) is 4.39 Å². The predicted octanol–water partition coefficient (Wildman–Crippen LogP) is 4.28. The van der Waals surface area contributed by atoms with E-state index in [0.29, 0.717) is 12.4 Å². The van der Waals surface area contributed by atoms with E-state index in [1.165, 1.54) is 17.7 Å². The minimum Gasteiger partial charge on any atom is -0.488 e. The molecule has 2 aromatic rings. The topological polar surface area (TPSA) is 21.3 Å². The minimum atomic E-state index is -0.302. The molecule has 0 aromatic heterocycles. The number of ether oxygens (including phenoxy) is 1. The number of hydrogen-bond donors (Lipinski definition) is 1. The van der Waals surface area contributed by atoms with Crippen LogP contribution in [0, 0.1) is 5.82 Å². The molecule has 0 saturated carbocycles. The van der Waals surface area contributed by atoms with Gasteiger partial charge >= 0.3 is 0 Å². The molecule has 0 radical (unpaired) electrons. The molecule has 106 valence electrons. The number of halogens is 2. The Morgan fingerprint density at radius 3 is 2.50 bits per heavy atom. The van der Waals surface area contributed by atoms with Gasteiger partial charge in [0.05, 0.1) is 4.47 Å². The van der Waals surface area contributed by atoms with Crippen molar-refractivity contribution in [2.24, 2.45) is 0 Å². The highest BCUT2D eigenvalue weighted by atomic mass is 79.9. The molecule has 2 nitrogen and oxygen atoms in total. The SMILES string of the molecule is CCNCc1ccc(COc2cc(F)ccc2Br)cc1. The van der Waals surface area contributed by atoms with Crippen molar-refractivity contribution in [3.05, 3.63) is 63.9 Å². The second-order valence-corrected chi connectivity index (χ2v) is 5.31. The normalized spacial score (nSPS) is 10.6. The average Bonchev–Trinajstić information content (AvgIpc) is 2.47. The van der Waals surface area contributed by atoms with Gasteiger partial charge in [-0.15, -0.1) is 0 Å². The number of nitrogens with one attached hydrogen (secondary N) is 1. The second kappa shape index (κ2) is 7.41. The van der Waals surface area contributed by atoms with Crippen molar-refractivity contribution in [3.8, 4) is 5.75 Å². The van der Waals surface area contributed by atoms with Crippen molar-refractivity contribution in [2.45, 2.75) is 20.1 Å². The lowest BCUT2D eigenvalue weighted by Gasteiger charge is -2.09. The fourth-order valence-electron chi connectivity index (χ4n) is 1.77. The summed E-state index contributed by atoms with van der Waals surface area (Å²) in [4.78, 5) is 0. The van der Waals surface area contributed by atoms with E-state index in [1.807, 2.05) is 12.1 Å². The largest absolute Gasteiger partial charge is 0.488 e. The third kappa shape index (κ3) is 4.32. The van der Waals surface area contributed by atoms with Crippen LogP contribution in [-0.4, -0.2) is 6.54 Å². The van der Waals surface area contributed by atoms with Gasteiger partial charge in [0.1, 0.15) is 18.2 Å². The molecule has 4 heteroatoms. The summed E-state index contributed by atoms with van der Waals surface area (Å²) in [6, 6.07) is 12.6. The smallest absolute Gasteiger partial charge is 0.136 e. The molecule has 0 fully saturated rings. The standard InChI is InChI=1S/C16H17BrFNO/c1-2-19-10-12-3-5-13(6-4-12)11-20-16-9-14(18)7-8-15(16)17/h3-9,19H,2,10-11H2,1H3. The van der Waals surface area contributed by atoms with E-state index in [2.05, 4.69) is 40.3 Å². The van der Waals surface area contributed by atoms with Crippen LogP contribution in [0.2, 0.25) is 0 Å². The molecule has 0 atom stereocenters. The van der Waals surface area contributed by atoms with Crippen molar-refractivity contribution in [2.75, 3.05) is 6.54 Å². The third-order valence-electron chi connectivity index (χ3n) is 2.89. The fraction of sp³-hybridized carbons (Fsp3) is 0.250. The van der Waals surface area contributed by atoms with Crippen LogP contribution < -0.4 is 10.1 Å². The van der Waals surface area contributed by atoms with Gasteiger partial charge in [-0.1, -0.05) is 31.2 Å². The molecule has 0 saturated heterocycles. The first kappa shape index (κ1) is 15.0. The molecule has 0 amide bonds. The first-order valence-corrected chi connectivity index (χ1v) is 7.34. The predicted molar refractivity (Wildman–Crippen MR) is 82.3 cm³/mol. The molecule has 0 unspecified atom stereocenters. The summed E-state index contributed by atoms with van der Waals surface area (Å²) in [7, 11) is 0. The molecule has 0 aliphatic heterocycles. The quantitative estimate of drug-likeness (QED) is 0.849. The molecule has 0 bridgehead atoms. The molecule has 1 N–H and O–H groups in total. The molecule has 0 aliphatic carbocycles. The van der Waals surface area contributed by atoms with Crippen LogP contribution in [0.5, 0.6) is 5.75 Å². The van der Waals surface area contributed by atoms with E-state index in [9.17, 15) is 4.39 Å². The zero-order valence-electron chi connectivity index (χ0n) is 11.3. The number of benzene rings is 2. The summed E-state index contributed by atoms with van der Waals surface area (Å²) >= 11 is 3.34. The number of rotatable bonds is 6. The Bertz CT molecular complexity index is 557. The van der Waals surface area contributed by atoms with Gasteiger partial charge in [0.25, 0.3) is 0 Å². The maximum absolute atomic E-state index is 13.1. The Kier molecular flexibility index (Phi) is 5.56. The van der Waals surface area contributed by atoms with Crippen LogP contribution in [-0.2, 0) is 13.2 Å². The van der Waals surface area contributed by atoms with Crippen molar-refractivity contribution in [1.82, 2.24) is 5.32 Å². The summed E-state index contributed by atoms with van der Waals surface area (Å²) in [6.07, 6.45) is 0. The van der Waals surface area contributed by atoms with Gasteiger partial charge in [-0.2, -0.15) is 0 Å². The lowest BCUT2D eigenvalue weighted by molar-refractivity contribution is 0.302. The van der Waals surface area contributed by atoms with Gasteiger partial charge in [-0.3, -0.25) is 0 Å². The Morgan fingerprint density at radius 1 is 1.10 bits per heavy atom.